The molecule has 0 radical (unpaired) electrons. The van der Waals surface area contributed by atoms with Crippen molar-refractivity contribution < 1.29 is 154 Å². The fourth-order valence-electron chi connectivity index (χ4n) is 15.6. The third-order valence-corrected chi connectivity index (χ3v) is 23.5. The maximum Gasteiger partial charge on any atom is 0.331 e. The molecular weight excluding hydrogens is 1420 g/mol. The highest BCUT2D eigenvalue weighted by atomic mass is 16.8. The Balaban J connectivity index is 1.09. The Labute approximate surface area is 634 Å². The monoisotopic (exact) mass is 1550 g/mol. The summed E-state index contributed by atoms with van der Waals surface area (Å²) < 4.78 is 74.7. The summed E-state index contributed by atoms with van der Waals surface area (Å²) in [6.07, 6.45) is -28.8. The third kappa shape index (κ3) is 25.4. The van der Waals surface area contributed by atoms with E-state index in [2.05, 4.69) is 0 Å². The number of allylic oxidation sites excluding steroid dienone is 4. The number of esters is 1. The summed E-state index contributed by atoms with van der Waals surface area (Å²) in [7, 11) is 0. The van der Waals surface area contributed by atoms with E-state index in [0.29, 0.717) is 32.1 Å². The van der Waals surface area contributed by atoms with Crippen LogP contribution in [0.25, 0.3) is 0 Å². The molecule has 7 rings (SSSR count). The standard InChI is InChI=1S/C77H132O31/c1-13-56(103-63-29-27-58(43(9)98-63)104-62-28-26-50(81)42(8)97-62)39(5)65(88)41(7)66(89)40(6)57-22-18-14-16-21-48(79)31-51(82)37(3)52(83)32-53(84)38(4)59-33-55(86)74(95)77(96,108-59)35-60(36(2)24-25-49(80)30-47(78)20-17-15-19-23-61(87)102-57)105-76-73(107-75-71(94)70(93)68(91)45(11)100-75)72(69(92)46(12)101-76)106-64-34-54(85)67(90)44(10)99-64/h14-19,21,23,36-60,62-76,78-86,88-96H,13,20,22,24-35H2,1-12H3/b17-15+,18-14+,21-16+,23-19+/t36?,37?,38?,39?,40?,41?,42-,43-,44-,45-,46-,47?,48?,49?,50+,51?,52?,53?,54-,55?,56?,57?,58+,59?,60?,62+,63+,64+,65?,66?,67-,68-,69-,70+,71-,72+,73-,74?,75+,76+,77?/m1/s1. The molecule has 0 aromatic carbocycles. The van der Waals surface area contributed by atoms with Gasteiger partial charge in [0.15, 0.2) is 37.2 Å². The molecule has 2 bridgehead atoms. The summed E-state index contributed by atoms with van der Waals surface area (Å²) in [6.45, 7) is 20.0. The Morgan fingerprint density at radius 1 is 0.491 bits per heavy atom. The predicted molar refractivity (Wildman–Crippen MR) is 384 cm³/mol. The van der Waals surface area contributed by atoms with Crippen LogP contribution in [0, 0.1) is 35.5 Å². The Bertz CT molecular complexity index is 2740. The van der Waals surface area contributed by atoms with Gasteiger partial charge in [-0.25, -0.2) is 4.79 Å². The zero-order valence-corrected chi connectivity index (χ0v) is 64.7. The summed E-state index contributed by atoms with van der Waals surface area (Å²) >= 11 is 0. The van der Waals surface area contributed by atoms with E-state index in [0.717, 1.165) is 6.08 Å². The molecule has 7 heterocycles. The van der Waals surface area contributed by atoms with E-state index >= 15 is 0 Å². The van der Waals surface area contributed by atoms with Crippen LogP contribution in [-0.4, -0.2) is 312 Å². The molecule has 0 aromatic rings. The van der Waals surface area contributed by atoms with Crippen LogP contribution in [0.3, 0.4) is 0 Å². The molecule has 626 valence electrons. The van der Waals surface area contributed by atoms with Crippen molar-refractivity contribution in [3.05, 3.63) is 48.6 Å². The van der Waals surface area contributed by atoms with Gasteiger partial charge in [0.2, 0.25) is 0 Å². The molecule has 7 aliphatic rings. The van der Waals surface area contributed by atoms with E-state index in [-0.39, 0.29) is 76.1 Å². The topological polar surface area (TPSA) is 492 Å². The van der Waals surface area contributed by atoms with Crippen molar-refractivity contribution in [2.75, 3.05) is 0 Å². The van der Waals surface area contributed by atoms with Crippen molar-refractivity contribution in [3.63, 3.8) is 0 Å². The molecule has 41 atom stereocenters. The van der Waals surface area contributed by atoms with Gasteiger partial charge in [0.05, 0.1) is 122 Å². The number of cyclic esters (lactones) is 1. The van der Waals surface area contributed by atoms with Gasteiger partial charge in [-0.2, -0.15) is 0 Å². The van der Waals surface area contributed by atoms with Crippen LogP contribution in [0.15, 0.2) is 48.6 Å². The predicted octanol–water partition coefficient (Wildman–Crippen LogP) is 0.697. The molecule has 0 saturated carbocycles. The van der Waals surface area contributed by atoms with Crippen LogP contribution < -0.4 is 0 Å². The molecule has 0 aromatic heterocycles. The number of aliphatic hydroxyl groups excluding tert-OH is 17. The number of carbonyl (C=O) groups is 1. The van der Waals surface area contributed by atoms with E-state index in [1.807, 2.05) is 27.7 Å². The summed E-state index contributed by atoms with van der Waals surface area (Å²) in [5.74, 6) is -8.32. The molecule has 0 spiro atoms. The SMILES string of the molecule is CCC(O[C@H]1CC[C@H](O[C@H]2CC[C@H](O)[C@@H](C)O2)[C@@H](C)O1)C(C)C(O)C(C)C(O)C(C)C1C/C=C/C=C/C(O)CC(O)C(C)C(O)CC(O)C(C)C2CC(O)C(O)C(O)(CC(O[C@@H]3O[C@H](C)[C@@H](O)[C@H](O[C@H]4C[C@@H](O)[C@H](O)[C@@H](C)O4)[C@H]3O[C@@H]3O[C@H](C)[C@@H](O)[C@H](O)[C@H]3O)C(C)CCC(O)CC(O)C/C=C/C=C/C(=O)O1)O2. The number of fused-ring (bicyclic) bond motifs is 2. The average molecular weight is 1550 g/mol. The minimum atomic E-state index is -2.72. The highest BCUT2D eigenvalue weighted by Crippen LogP contribution is 2.42. The van der Waals surface area contributed by atoms with Gasteiger partial charge in [0, 0.05) is 80.6 Å². The second-order valence-electron chi connectivity index (χ2n) is 32.0. The Morgan fingerprint density at radius 2 is 1.11 bits per heavy atom. The van der Waals surface area contributed by atoms with Crippen LogP contribution in [0.1, 0.15) is 179 Å². The highest BCUT2D eigenvalue weighted by molar-refractivity contribution is 5.82. The van der Waals surface area contributed by atoms with Crippen LogP contribution in [-0.2, 0) is 61.6 Å². The molecule has 0 amide bonds. The van der Waals surface area contributed by atoms with Crippen LogP contribution in [0.4, 0.5) is 0 Å². The van der Waals surface area contributed by atoms with Gasteiger partial charge in [0.1, 0.15) is 54.9 Å². The minimum Gasteiger partial charge on any atom is -0.458 e. The molecule has 18 N–H and O–H groups in total. The summed E-state index contributed by atoms with van der Waals surface area (Å²) in [6, 6.07) is 0. The number of hydrogen-bond acceptors (Lipinski definition) is 31. The van der Waals surface area contributed by atoms with Crippen LogP contribution in [0.2, 0.25) is 0 Å². The van der Waals surface area contributed by atoms with Gasteiger partial charge in [-0.15, -0.1) is 0 Å². The molecule has 21 unspecified atom stereocenters. The summed E-state index contributed by atoms with van der Waals surface area (Å²) in [5, 5.41) is 205. The molecule has 31 heteroatoms. The first-order valence-corrected chi connectivity index (χ1v) is 39.2. The van der Waals surface area contributed by atoms with Crippen LogP contribution in [0.5, 0.6) is 0 Å². The zero-order chi connectivity index (χ0) is 79.9. The lowest BCUT2D eigenvalue weighted by Crippen LogP contribution is -2.65. The van der Waals surface area contributed by atoms with Gasteiger partial charge in [-0.05, 0) is 91.9 Å². The quantitative estimate of drug-likeness (QED) is 0.0891. The summed E-state index contributed by atoms with van der Waals surface area (Å²) in [5.41, 5.74) is 0. The molecule has 6 fully saturated rings. The zero-order valence-electron chi connectivity index (χ0n) is 64.7. The number of carbonyl (C=O) groups excluding carboxylic acids is 1. The highest BCUT2D eigenvalue weighted by Gasteiger charge is 2.56. The largest absolute Gasteiger partial charge is 0.458 e. The molecule has 7 aliphatic heterocycles. The van der Waals surface area contributed by atoms with Crippen molar-refractivity contribution >= 4 is 5.97 Å². The lowest BCUT2D eigenvalue weighted by Gasteiger charge is -2.50. The number of hydrogen-bond donors (Lipinski definition) is 18. The second kappa shape index (κ2) is 42.8. The fraction of sp³-hybridized carbons (Fsp3) is 0.883. The van der Waals surface area contributed by atoms with Gasteiger partial charge < -0.3 is 149 Å². The fourth-order valence-corrected chi connectivity index (χ4v) is 15.6. The first-order chi connectivity index (χ1) is 50.8. The van der Waals surface area contributed by atoms with Gasteiger partial charge in [-0.3, -0.25) is 0 Å². The van der Waals surface area contributed by atoms with Gasteiger partial charge >= 0.3 is 5.97 Å². The van der Waals surface area contributed by atoms with Crippen LogP contribution >= 0.6 is 0 Å². The number of aliphatic hydroxyl groups is 18. The first-order valence-electron chi connectivity index (χ1n) is 39.2. The molecule has 6 saturated heterocycles. The second-order valence-corrected chi connectivity index (χ2v) is 32.0. The van der Waals surface area contributed by atoms with Crippen molar-refractivity contribution in [2.24, 2.45) is 35.5 Å². The maximum absolute atomic E-state index is 13.6. The van der Waals surface area contributed by atoms with Gasteiger partial charge in [-0.1, -0.05) is 91.0 Å². The minimum absolute atomic E-state index is 0.00606. The lowest BCUT2D eigenvalue weighted by molar-refractivity contribution is -0.390. The van der Waals surface area contributed by atoms with E-state index in [1.165, 1.54) is 58.9 Å². The number of rotatable bonds is 17. The van der Waals surface area contributed by atoms with Crippen molar-refractivity contribution in [2.45, 2.75) is 394 Å². The summed E-state index contributed by atoms with van der Waals surface area (Å²) in [4.78, 5) is 13.6. The third-order valence-electron chi connectivity index (χ3n) is 23.5. The van der Waals surface area contributed by atoms with E-state index in [9.17, 15) is 96.7 Å². The van der Waals surface area contributed by atoms with Crippen molar-refractivity contribution in [3.8, 4) is 0 Å². The average Bonchev–Trinajstić information content (AvgIpc) is 0.772. The van der Waals surface area contributed by atoms with Crippen molar-refractivity contribution in [1.82, 2.24) is 0 Å². The first kappa shape index (κ1) is 92.4. The van der Waals surface area contributed by atoms with Gasteiger partial charge in [0.25, 0.3) is 0 Å². The van der Waals surface area contributed by atoms with E-state index < -0.39 is 244 Å². The normalized spacial score (nSPS) is 47.6. The Hall–Kier alpha value is -2.73. The Kier molecular flexibility index (Phi) is 36.6. The smallest absolute Gasteiger partial charge is 0.331 e. The Morgan fingerprint density at radius 3 is 1.79 bits per heavy atom. The van der Waals surface area contributed by atoms with Crippen molar-refractivity contribution in [1.29, 1.82) is 0 Å². The molecule has 0 aliphatic carbocycles. The molecule has 108 heavy (non-hydrogen) atoms. The molecular formula is C77H132O31. The maximum atomic E-state index is 13.6. The lowest BCUT2D eigenvalue weighted by atomic mass is 9.79. The molecule has 31 nitrogen and oxygen atoms in total. The van der Waals surface area contributed by atoms with E-state index in [4.69, 9.17) is 56.8 Å². The number of ether oxygens (including phenoxy) is 12. The van der Waals surface area contributed by atoms with E-state index in [1.54, 1.807) is 39.0 Å².